The van der Waals surface area contributed by atoms with E-state index in [0.29, 0.717) is 18.0 Å². The molecule has 0 radical (unpaired) electrons. The maximum atomic E-state index is 5.76. The van der Waals surface area contributed by atoms with Crippen molar-refractivity contribution in [1.29, 1.82) is 0 Å². The summed E-state index contributed by atoms with van der Waals surface area (Å²) in [6, 6.07) is 5.49. The first kappa shape index (κ1) is 13.0. The summed E-state index contributed by atoms with van der Waals surface area (Å²) in [6.45, 7) is 4.07. The minimum absolute atomic E-state index is 0.690. The lowest BCUT2D eigenvalue weighted by Gasteiger charge is -2.26. The molecule has 0 saturated carbocycles. The molecule has 1 heterocycles. The summed E-state index contributed by atoms with van der Waals surface area (Å²) in [7, 11) is 1.63. The highest BCUT2D eigenvalue weighted by Gasteiger charge is 2.10. The van der Waals surface area contributed by atoms with E-state index in [2.05, 4.69) is 4.90 Å². The zero-order valence-electron chi connectivity index (χ0n) is 11.0. The molecule has 0 atom stereocenters. The van der Waals surface area contributed by atoms with E-state index in [4.69, 9.17) is 15.2 Å². The summed E-state index contributed by atoms with van der Waals surface area (Å²) in [5.74, 6) is 1.47. The molecule has 1 aromatic carbocycles. The molecular weight excluding hydrogens is 228 g/mol. The normalized spacial score (nSPS) is 16.5. The summed E-state index contributed by atoms with van der Waals surface area (Å²) in [5, 5.41) is 0. The number of nitrogens with zero attached hydrogens (tertiary/aromatic N) is 1. The van der Waals surface area contributed by atoms with Crippen molar-refractivity contribution in [2.75, 3.05) is 39.1 Å². The fourth-order valence-electron chi connectivity index (χ4n) is 2.27. The van der Waals surface area contributed by atoms with Crippen LogP contribution in [0.3, 0.4) is 0 Å². The summed E-state index contributed by atoms with van der Waals surface area (Å²) < 4.78 is 11.0. The fraction of sp³-hybridized carbons (Fsp3) is 0.571. The number of piperidine rings is 1. The Bertz CT molecular complexity index is 376. The molecule has 0 amide bonds. The van der Waals surface area contributed by atoms with Crippen molar-refractivity contribution in [3.63, 3.8) is 0 Å². The van der Waals surface area contributed by atoms with Gasteiger partial charge >= 0.3 is 0 Å². The van der Waals surface area contributed by atoms with Crippen LogP contribution in [0.1, 0.15) is 19.3 Å². The monoisotopic (exact) mass is 250 g/mol. The molecule has 1 aliphatic heterocycles. The van der Waals surface area contributed by atoms with Crippen LogP contribution in [0.4, 0.5) is 5.69 Å². The molecule has 0 unspecified atom stereocenters. The van der Waals surface area contributed by atoms with E-state index >= 15 is 0 Å². The minimum Gasteiger partial charge on any atom is -0.493 e. The van der Waals surface area contributed by atoms with Crippen LogP contribution < -0.4 is 15.2 Å². The van der Waals surface area contributed by atoms with Crippen LogP contribution in [0.2, 0.25) is 0 Å². The second-order valence-electron chi connectivity index (χ2n) is 4.66. The maximum absolute atomic E-state index is 5.76. The third-order valence-corrected chi connectivity index (χ3v) is 3.30. The van der Waals surface area contributed by atoms with Gasteiger partial charge in [-0.25, -0.2) is 0 Å². The van der Waals surface area contributed by atoms with Crippen molar-refractivity contribution in [2.24, 2.45) is 0 Å². The van der Waals surface area contributed by atoms with Crippen molar-refractivity contribution < 1.29 is 9.47 Å². The number of ether oxygens (including phenoxy) is 2. The highest BCUT2D eigenvalue weighted by molar-refractivity contribution is 5.51. The Labute approximate surface area is 109 Å². The van der Waals surface area contributed by atoms with E-state index < -0.39 is 0 Å². The van der Waals surface area contributed by atoms with Crippen molar-refractivity contribution in [1.82, 2.24) is 4.90 Å². The van der Waals surface area contributed by atoms with E-state index in [1.54, 1.807) is 13.2 Å². The first-order valence-corrected chi connectivity index (χ1v) is 6.58. The molecule has 2 rings (SSSR count). The molecule has 0 bridgehead atoms. The average molecular weight is 250 g/mol. The van der Waals surface area contributed by atoms with E-state index in [0.717, 1.165) is 12.3 Å². The van der Waals surface area contributed by atoms with Crippen molar-refractivity contribution in [2.45, 2.75) is 19.3 Å². The Kier molecular flexibility index (Phi) is 4.70. The quantitative estimate of drug-likeness (QED) is 0.813. The summed E-state index contributed by atoms with van der Waals surface area (Å²) >= 11 is 0. The molecule has 1 aliphatic rings. The van der Waals surface area contributed by atoms with Crippen LogP contribution in [-0.2, 0) is 0 Å². The lowest BCUT2D eigenvalue weighted by molar-refractivity contribution is 0.180. The SMILES string of the molecule is COc1cc(N)ccc1OCCN1CCCCC1. The largest absolute Gasteiger partial charge is 0.493 e. The number of methoxy groups -OCH3 is 1. The molecule has 2 N–H and O–H groups in total. The van der Waals surface area contributed by atoms with E-state index in [9.17, 15) is 0 Å². The Morgan fingerprint density at radius 1 is 1.17 bits per heavy atom. The molecule has 1 saturated heterocycles. The molecule has 4 nitrogen and oxygen atoms in total. The Morgan fingerprint density at radius 2 is 1.94 bits per heavy atom. The Morgan fingerprint density at radius 3 is 2.67 bits per heavy atom. The van der Waals surface area contributed by atoms with Gasteiger partial charge in [0.1, 0.15) is 6.61 Å². The lowest BCUT2D eigenvalue weighted by atomic mass is 10.1. The van der Waals surface area contributed by atoms with Gasteiger partial charge < -0.3 is 15.2 Å². The zero-order valence-corrected chi connectivity index (χ0v) is 11.0. The number of nitrogens with two attached hydrogens (primary N) is 1. The van der Waals surface area contributed by atoms with E-state index in [1.165, 1.54) is 32.4 Å². The van der Waals surface area contributed by atoms with Gasteiger partial charge in [-0.1, -0.05) is 6.42 Å². The molecule has 0 spiro atoms. The zero-order chi connectivity index (χ0) is 12.8. The molecule has 1 fully saturated rings. The van der Waals surface area contributed by atoms with Crippen LogP contribution in [-0.4, -0.2) is 38.3 Å². The van der Waals surface area contributed by atoms with E-state index in [1.807, 2.05) is 12.1 Å². The van der Waals surface area contributed by atoms with Gasteiger partial charge in [0.05, 0.1) is 7.11 Å². The van der Waals surface area contributed by atoms with Crippen LogP contribution in [0.25, 0.3) is 0 Å². The van der Waals surface area contributed by atoms with Crippen molar-refractivity contribution >= 4 is 5.69 Å². The predicted molar refractivity (Wildman–Crippen MR) is 73.2 cm³/mol. The lowest BCUT2D eigenvalue weighted by Crippen LogP contribution is -2.33. The predicted octanol–water partition coefficient (Wildman–Crippen LogP) is 2.14. The van der Waals surface area contributed by atoms with Crippen LogP contribution in [0.5, 0.6) is 11.5 Å². The van der Waals surface area contributed by atoms with Crippen LogP contribution >= 0.6 is 0 Å². The first-order chi connectivity index (χ1) is 8.79. The minimum atomic E-state index is 0.690. The van der Waals surface area contributed by atoms with Crippen LogP contribution in [0.15, 0.2) is 18.2 Å². The first-order valence-electron chi connectivity index (χ1n) is 6.58. The molecule has 18 heavy (non-hydrogen) atoms. The van der Waals surface area contributed by atoms with Gasteiger partial charge in [0.15, 0.2) is 11.5 Å². The summed E-state index contributed by atoms with van der Waals surface area (Å²) in [4.78, 5) is 2.45. The third kappa shape index (κ3) is 3.53. The summed E-state index contributed by atoms with van der Waals surface area (Å²) in [6.07, 6.45) is 3.99. The summed E-state index contributed by atoms with van der Waals surface area (Å²) in [5.41, 5.74) is 6.39. The van der Waals surface area contributed by atoms with Crippen molar-refractivity contribution in [3.8, 4) is 11.5 Å². The number of benzene rings is 1. The molecule has 0 aliphatic carbocycles. The van der Waals surface area contributed by atoms with Gasteiger partial charge in [0, 0.05) is 18.3 Å². The average Bonchev–Trinajstić information content (AvgIpc) is 2.41. The second kappa shape index (κ2) is 6.50. The second-order valence-corrected chi connectivity index (χ2v) is 4.66. The third-order valence-electron chi connectivity index (χ3n) is 3.30. The van der Waals surface area contributed by atoms with E-state index in [-0.39, 0.29) is 0 Å². The van der Waals surface area contributed by atoms with Gasteiger partial charge in [-0.15, -0.1) is 0 Å². The number of hydrogen-bond donors (Lipinski definition) is 1. The maximum Gasteiger partial charge on any atom is 0.162 e. The molecule has 0 aromatic heterocycles. The highest BCUT2D eigenvalue weighted by atomic mass is 16.5. The van der Waals surface area contributed by atoms with Gasteiger partial charge in [0.2, 0.25) is 0 Å². The van der Waals surface area contributed by atoms with Crippen LogP contribution in [0, 0.1) is 0 Å². The standard InChI is InChI=1S/C14H22N2O2/c1-17-14-11-12(15)5-6-13(14)18-10-9-16-7-3-2-4-8-16/h5-6,11H,2-4,7-10,15H2,1H3. The fourth-order valence-corrected chi connectivity index (χ4v) is 2.27. The van der Waals surface area contributed by atoms with Gasteiger partial charge in [-0.3, -0.25) is 4.90 Å². The Hall–Kier alpha value is -1.42. The van der Waals surface area contributed by atoms with Gasteiger partial charge in [-0.2, -0.15) is 0 Å². The number of likely N-dealkylation sites (tertiary alicyclic amines) is 1. The van der Waals surface area contributed by atoms with Crippen molar-refractivity contribution in [3.05, 3.63) is 18.2 Å². The number of nitrogen functional groups attached to an aromatic ring is 1. The molecule has 100 valence electrons. The molecular formula is C14H22N2O2. The Balaban J connectivity index is 1.82. The number of hydrogen-bond acceptors (Lipinski definition) is 4. The van der Waals surface area contributed by atoms with Gasteiger partial charge in [-0.05, 0) is 38.1 Å². The number of anilines is 1. The smallest absolute Gasteiger partial charge is 0.162 e. The topological polar surface area (TPSA) is 47.7 Å². The number of rotatable bonds is 5. The van der Waals surface area contributed by atoms with Gasteiger partial charge in [0.25, 0.3) is 0 Å². The highest BCUT2D eigenvalue weighted by Crippen LogP contribution is 2.28. The molecule has 1 aromatic rings. The molecule has 4 heteroatoms.